The SMILES string of the molecule is C[C@H](O)[C@H]1O[C@@H]2SC(N(C)C(=O)OC(C)(C)C)=N[C@@H]2[C@@H](F)[C@@H]1O. The second-order valence-corrected chi connectivity index (χ2v) is 7.77. The summed E-state index contributed by atoms with van der Waals surface area (Å²) >= 11 is 1.07. The second-order valence-electron chi connectivity index (χ2n) is 6.70. The lowest BCUT2D eigenvalue weighted by Crippen LogP contribution is -2.56. The number of aliphatic hydroxyl groups excluding tert-OH is 2. The van der Waals surface area contributed by atoms with Crippen LogP contribution in [0.1, 0.15) is 27.7 Å². The van der Waals surface area contributed by atoms with Gasteiger partial charge in [0.15, 0.2) is 11.3 Å². The fraction of sp³-hybridized carbons (Fsp3) is 0.857. The lowest BCUT2D eigenvalue weighted by Gasteiger charge is -2.38. The summed E-state index contributed by atoms with van der Waals surface area (Å²) in [6.45, 7) is 6.65. The van der Waals surface area contributed by atoms with Crippen molar-refractivity contribution in [3.8, 4) is 0 Å². The number of fused-ring (bicyclic) bond motifs is 1. The average molecular weight is 350 g/mol. The first-order chi connectivity index (χ1) is 10.5. The normalized spacial score (nSPS) is 35.3. The monoisotopic (exact) mass is 350 g/mol. The van der Waals surface area contributed by atoms with Crippen LogP contribution in [0.15, 0.2) is 4.99 Å². The number of rotatable bonds is 1. The van der Waals surface area contributed by atoms with E-state index in [1.165, 1.54) is 18.9 Å². The number of ether oxygens (including phenoxy) is 2. The van der Waals surface area contributed by atoms with E-state index in [9.17, 15) is 19.4 Å². The predicted octanol–water partition coefficient (Wildman–Crippen LogP) is 1.13. The van der Waals surface area contributed by atoms with E-state index in [2.05, 4.69) is 4.99 Å². The van der Waals surface area contributed by atoms with Crippen LogP contribution in [-0.2, 0) is 9.47 Å². The molecular weight excluding hydrogens is 327 g/mol. The largest absolute Gasteiger partial charge is 0.443 e. The van der Waals surface area contributed by atoms with Gasteiger partial charge in [0.1, 0.15) is 29.3 Å². The second kappa shape index (κ2) is 6.54. The highest BCUT2D eigenvalue weighted by Gasteiger charge is 2.51. The number of hydrogen-bond donors (Lipinski definition) is 2. The maximum Gasteiger partial charge on any atom is 0.416 e. The lowest BCUT2D eigenvalue weighted by atomic mass is 9.97. The molecule has 2 aliphatic rings. The minimum Gasteiger partial charge on any atom is -0.443 e. The summed E-state index contributed by atoms with van der Waals surface area (Å²) in [6.07, 6.45) is -5.79. The number of carbonyl (C=O) groups excluding carboxylic acids is 1. The molecule has 2 rings (SSSR count). The summed E-state index contributed by atoms with van der Waals surface area (Å²) < 4.78 is 25.1. The van der Waals surface area contributed by atoms with Crippen molar-refractivity contribution in [2.24, 2.45) is 4.99 Å². The van der Waals surface area contributed by atoms with Gasteiger partial charge >= 0.3 is 6.09 Å². The van der Waals surface area contributed by atoms with Gasteiger partial charge in [0.2, 0.25) is 0 Å². The summed E-state index contributed by atoms with van der Waals surface area (Å²) in [4.78, 5) is 17.4. The van der Waals surface area contributed by atoms with Gasteiger partial charge in [-0.15, -0.1) is 0 Å². The third-order valence-corrected chi connectivity index (χ3v) is 4.68. The van der Waals surface area contributed by atoms with Crippen LogP contribution >= 0.6 is 11.8 Å². The van der Waals surface area contributed by atoms with Crippen LogP contribution in [-0.4, -0.2) is 75.0 Å². The van der Waals surface area contributed by atoms with Gasteiger partial charge in [-0.25, -0.2) is 9.18 Å². The number of halogens is 1. The van der Waals surface area contributed by atoms with Gasteiger partial charge in [-0.05, 0) is 27.7 Å². The molecule has 0 aromatic heterocycles. The molecule has 0 bridgehead atoms. The number of nitrogens with zero attached hydrogens (tertiary/aromatic N) is 2. The van der Waals surface area contributed by atoms with Crippen LogP contribution in [0, 0.1) is 0 Å². The number of carbonyl (C=O) groups is 1. The third kappa shape index (κ3) is 3.96. The van der Waals surface area contributed by atoms with Crippen LogP contribution in [0.3, 0.4) is 0 Å². The van der Waals surface area contributed by atoms with Crippen molar-refractivity contribution in [2.75, 3.05) is 7.05 Å². The van der Waals surface area contributed by atoms with E-state index < -0.39 is 47.7 Å². The molecule has 23 heavy (non-hydrogen) atoms. The first-order valence-corrected chi connectivity index (χ1v) is 8.26. The Kier molecular flexibility index (Phi) is 5.24. The first-order valence-electron chi connectivity index (χ1n) is 7.38. The molecule has 0 spiro atoms. The fourth-order valence-corrected chi connectivity index (χ4v) is 3.47. The van der Waals surface area contributed by atoms with E-state index in [0.29, 0.717) is 0 Å². The molecule has 0 aromatic rings. The van der Waals surface area contributed by atoms with E-state index in [1.54, 1.807) is 20.8 Å². The number of thioether (sulfide) groups is 1. The van der Waals surface area contributed by atoms with Gasteiger partial charge in [0.25, 0.3) is 0 Å². The summed E-state index contributed by atoms with van der Waals surface area (Å²) in [5.74, 6) is 0. The molecule has 0 unspecified atom stereocenters. The van der Waals surface area contributed by atoms with Crippen LogP contribution in [0.4, 0.5) is 9.18 Å². The number of aliphatic hydroxyl groups is 2. The van der Waals surface area contributed by atoms with Crippen molar-refractivity contribution >= 4 is 23.0 Å². The maximum atomic E-state index is 14.4. The Morgan fingerprint density at radius 1 is 1.52 bits per heavy atom. The lowest BCUT2D eigenvalue weighted by molar-refractivity contribution is -0.165. The molecule has 1 saturated heterocycles. The zero-order chi connectivity index (χ0) is 17.5. The molecular formula is C14H23FN2O5S. The Morgan fingerprint density at radius 3 is 2.65 bits per heavy atom. The first kappa shape index (κ1) is 18.4. The minimum atomic E-state index is -1.68. The molecule has 0 saturated carbocycles. The topological polar surface area (TPSA) is 91.6 Å². The van der Waals surface area contributed by atoms with E-state index in [-0.39, 0.29) is 5.17 Å². The van der Waals surface area contributed by atoms with Gasteiger partial charge in [-0.3, -0.25) is 9.89 Å². The molecule has 1 amide bonds. The molecule has 1 fully saturated rings. The van der Waals surface area contributed by atoms with Gasteiger partial charge in [-0.2, -0.15) is 0 Å². The van der Waals surface area contributed by atoms with Gasteiger partial charge in [-0.1, -0.05) is 11.8 Å². The van der Waals surface area contributed by atoms with Crippen molar-refractivity contribution in [3.05, 3.63) is 0 Å². The number of amides is 1. The highest BCUT2D eigenvalue weighted by atomic mass is 32.2. The van der Waals surface area contributed by atoms with E-state index >= 15 is 0 Å². The number of hydrogen-bond acceptors (Lipinski definition) is 7. The molecule has 2 heterocycles. The van der Waals surface area contributed by atoms with E-state index in [4.69, 9.17) is 9.47 Å². The molecule has 132 valence electrons. The number of alkyl halides is 1. The highest BCUT2D eigenvalue weighted by Crippen LogP contribution is 2.39. The Labute approximate surface area is 138 Å². The summed E-state index contributed by atoms with van der Waals surface area (Å²) in [5, 5.41) is 19.8. The minimum absolute atomic E-state index is 0.260. The van der Waals surface area contributed by atoms with Crippen LogP contribution < -0.4 is 0 Å². The van der Waals surface area contributed by atoms with Gasteiger partial charge < -0.3 is 19.7 Å². The maximum absolute atomic E-state index is 14.4. The Hall–Kier alpha value is -0.900. The molecule has 9 heteroatoms. The van der Waals surface area contributed by atoms with Crippen molar-refractivity contribution < 1.29 is 28.9 Å². The molecule has 2 N–H and O–H groups in total. The summed E-state index contributed by atoms with van der Waals surface area (Å²) in [6, 6.07) is -0.926. The summed E-state index contributed by atoms with van der Waals surface area (Å²) in [7, 11) is 1.48. The smallest absolute Gasteiger partial charge is 0.416 e. The number of aliphatic imine (C=N–C) groups is 1. The Morgan fingerprint density at radius 2 is 2.13 bits per heavy atom. The van der Waals surface area contributed by atoms with Crippen LogP contribution in [0.5, 0.6) is 0 Å². The fourth-order valence-electron chi connectivity index (χ4n) is 2.31. The molecule has 0 aromatic carbocycles. The van der Waals surface area contributed by atoms with Crippen molar-refractivity contribution in [3.63, 3.8) is 0 Å². The molecule has 7 nitrogen and oxygen atoms in total. The van der Waals surface area contributed by atoms with Gasteiger partial charge in [0, 0.05) is 7.05 Å². The van der Waals surface area contributed by atoms with Crippen LogP contribution in [0.2, 0.25) is 0 Å². The van der Waals surface area contributed by atoms with Crippen molar-refractivity contribution in [2.45, 2.75) is 69.3 Å². The Bertz CT molecular complexity index is 496. The quantitative estimate of drug-likeness (QED) is 0.737. The van der Waals surface area contributed by atoms with E-state index in [1.807, 2.05) is 0 Å². The standard InChI is InChI=1S/C14H23FN2O5S/c1-6(18)10-9(19)7(15)8-11(21-10)23-12(16-8)17(5)13(20)22-14(2,3)4/h6-11,18-19H,1-5H3/t6-,7+,8+,9-,10+,11+/m0/s1. The third-order valence-electron chi connectivity index (χ3n) is 3.47. The number of amidine groups is 1. The van der Waals surface area contributed by atoms with Gasteiger partial charge in [0.05, 0.1) is 6.10 Å². The zero-order valence-electron chi connectivity index (χ0n) is 13.8. The zero-order valence-corrected chi connectivity index (χ0v) is 14.6. The Balaban J connectivity index is 2.10. The molecule has 6 atom stereocenters. The van der Waals surface area contributed by atoms with Crippen LogP contribution in [0.25, 0.3) is 0 Å². The van der Waals surface area contributed by atoms with Crippen molar-refractivity contribution in [1.82, 2.24) is 4.90 Å². The summed E-state index contributed by atoms with van der Waals surface area (Å²) in [5.41, 5.74) is -1.36. The molecule has 0 radical (unpaired) electrons. The molecule has 0 aliphatic carbocycles. The predicted molar refractivity (Wildman–Crippen MR) is 84.1 cm³/mol. The average Bonchev–Trinajstić information content (AvgIpc) is 2.83. The molecule has 2 aliphatic heterocycles. The van der Waals surface area contributed by atoms with Crippen molar-refractivity contribution in [1.29, 1.82) is 0 Å². The highest BCUT2D eigenvalue weighted by molar-refractivity contribution is 8.14. The van der Waals surface area contributed by atoms with E-state index in [0.717, 1.165) is 11.8 Å².